The third-order valence-electron chi connectivity index (χ3n) is 4.35. The first-order chi connectivity index (χ1) is 12.9. The van der Waals surface area contributed by atoms with Crippen LogP contribution in [0.5, 0.6) is 0 Å². The molecule has 0 saturated carbocycles. The van der Waals surface area contributed by atoms with Crippen LogP contribution in [0, 0.1) is 5.82 Å². The molecule has 148 valence electrons. The van der Waals surface area contributed by atoms with Gasteiger partial charge in [-0.05, 0) is 48.9 Å². The van der Waals surface area contributed by atoms with Crippen LogP contribution in [0.1, 0.15) is 18.9 Å². The fraction of sp³-hybridized carbons (Fsp3) is 0.222. The van der Waals surface area contributed by atoms with E-state index in [-0.39, 0.29) is 16.1 Å². The number of alkyl halides is 3. The molecule has 1 aliphatic heterocycles. The minimum absolute atomic E-state index is 0.118. The number of sulfone groups is 1. The van der Waals surface area contributed by atoms with Gasteiger partial charge in [-0.25, -0.2) is 12.8 Å². The van der Waals surface area contributed by atoms with Gasteiger partial charge in [-0.3, -0.25) is 9.79 Å². The summed E-state index contributed by atoms with van der Waals surface area (Å²) in [5, 5.41) is 9.07. The van der Waals surface area contributed by atoms with Crippen LogP contribution in [0.4, 0.5) is 17.6 Å². The highest BCUT2D eigenvalue weighted by Gasteiger charge is 2.32. The zero-order valence-electron chi connectivity index (χ0n) is 14.3. The highest BCUT2D eigenvalue weighted by molar-refractivity contribution is 7.91. The van der Waals surface area contributed by atoms with Crippen molar-refractivity contribution in [2.45, 2.75) is 35.4 Å². The zero-order chi connectivity index (χ0) is 20.9. The highest BCUT2D eigenvalue weighted by atomic mass is 32.2. The number of hydrogen-bond acceptors (Lipinski definition) is 4. The van der Waals surface area contributed by atoms with E-state index in [1.54, 1.807) is 6.92 Å². The fourth-order valence-electron chi connectivity index (χ4n) is 3.06. The molecule has 28 heavy (non-hydrogen) atoms. The lowest BCUT2D eigenvalue weighted by Gasteiger charge is -2.11. The lowest BCUT2D eigenvalue weighted by atomic mass is 10.0. The van der Waals surface area contributed by atoms with E-state index in [1.807, 2.05) is 0 Å². The van der Waals surface area contributed by atoms with Crippen molar-refractivity contribution in [2.75, 3.05) is 0 Å². The Balaban J connectivity index is 2.28. The number of benzene rings is 2. The number of nitrogens with zero attached hydrogens (tertiary/aromatic N) is 1. The number of aliphatic carboxylic acids is 1. The van der Waals surface area contributed by atoms with Gasteiger partial charge in [-0.2, -0.15) is 13.2 Å². The van der Waals surface area contributed by atoms with Crippen molar-refractivity contribution in [1.82, 2.24) is 0 Å². The van der Waals surface area contributed by atoms with Crippen LogP contribution in [0.3, 0.4) is 0 Å². The lowest BCUT2D eigenvalue weighted by Crippen LogP contribution is -2.32. The first kappa shape index (κ1) is 20.0. The number of carboxylic acid groups (broad SMARTS) is 1. The summed E-state index contributed by atoms with van der Waals surface area (Å²) in [5.41, 5.74) is -0.931. The van der Waals surface area contributed by atoms with Gasteiger partial charge in [-0.15, -0.1) is 0 Å². The van der Waals surface area contributed by atoms with Gasteiger partial charge < -0.3 is 5.11 Å². The van der Waals surface area contributed by atoms with E-state index in [2.05, 4.69) is 4.99 Å². The average molecular weight is 415 g/mol. The van der Waals surface area contributed by atoms with Crippen LogP contribution in [0.25, 0.3) is 5.57 Å². The fourth-order valence-corrected chi connectivity index (χ4v) is 4.62. The van der Waals surface area contributed by atoms with Crippen molar-refractivity contribution in [3.8, 4) is 0 Å². The van der Waals surface area contributed by atoms with Crippen LogP contribution >= 0.6 is 0 Å². The second-order valence-corrected chi connectivity index (χ2v) is 8.08. The van der Waals surface area contributed by atoms with Gasteiger partial charge in [0.15, 0.2) is 0 Å². The van der Waals surface area contributed by atoms with Crippen molar-refractivity contribution in [2.24, 2.45) is 4.99 Å². The molecule has 0 aromatic heterocycles. The normalized spacial score (nSPS) is 16.6. The second-order valence-electron chi connectivity index (χ2n) is 6.20. The SMILES string of the molecule is CC1N=c2ccc(F)c(S(=O)(=O)c3ccc(C(F)(F)F)cc3)c2=C1CC(=O)O. The number of halogens is 4. The Labute approximate surface area is 156 Å². The van der Waals surface area contributed by atoms with E-state index in [4.69, 9.17) is 5.11 Å². The topological polar surface area (TPSA) is 83.8 Å². The molecule has 0 radical (unpaired) electrons. The molecule has 0 spiro atoms. The molecule has 1 aliphatic rings. The van der Waals surface area contributed by atoms with Crippen molar-refractivity contribution in [3.63, 3.8) is 0 Å². The molecule has 3 rings (SSSR count). The molecule has 1 atom stereocenters. The molecular formula is C18H13F4NO4S. The van der Waals surface area contributed by atoms with E-state index < -0.39 is 55.6 Å². The summed E-state index contributed by atoms with van der Waals surface area (Å²) in [5.74, 6) is -2.38. The van der Waals surface area contributed by atoms with E-state index in [0.717, 1.165) is 18.2 Å². The quantitative estimate of drug-likeness (QED) is 0.777. The van der Waals surface area contributed by atoms with Gasteiger partial charge in [0.25, 0.3) is 0 Å². The summed E-state index contributed by atoms with van der Waals surface area (Å²) in [6.07, 6.45) is -5.20. The Morgan fingerprint density at radius 2 is 1.75 bits per heavy atom. The van der Waals surface area contributed by atoms with Crippen LogP contribution in [-0.4, -0.2) is 25.5 Å². The van der Waals surface area contributed by atoms with Crippen molar-refractivity contribution in [3.05, 3.63) is 58.4 Å². The van der Waals surface area contributed by atoms with E-state index in [1.165, 1.54) is 6.07 Å². The van der Waals surface area contributed by atoms with E-state index in [9.17, 15) is 30.8 Å². The van der Waals surface area contributed by atoms with Crippen LogP contribution in [-0.2, 0) is 20.8 Å². The number of hydrogen-bond donors (Lipinski definition) is 1. The second kappa shape index (κ2) is 6.69. The molecule has 2 aromatic rings. The summed E-state index contributed by atoms with van der Waals surface area (Å²) in [6.45, 7) is 1.55. The number of rotatable bonds is 4. The van der Waals surface area contributed by atoms with Gasteiger partial charge in [-0.1, -0.05) is 0 Å². The minimum atomic E-state index is -4.65. The molecule has 1 N–H and O–H groups in total. The van der Waals surface area contributed by atoms with E-state index in [0.29, 0.717) is 12.1 Å². The molecule has 0 saturated heterocycles. The van der Waals surface area contributed by atoms with Crippen molar-refractivity contribution < 1.29 is 35.9 Å². The predicted molar refractivity (Wildman–Crippen MR) is 89.2 cm³/mol. The summed E-state index contributed by atoms with van der Waals surface area (Å²) in [4.78, 5) is 14.0. The standard InChI is InChI=1S/C18H13F4NO4S/c1-9-12(8-15(24)25)16-14(23-9)7-6-13(19)17(16)28(26,27)11-4-2-10(3-5-11)18(20,21)22/h2-7,9H,8H2,1H3,(H,24,25). The van der Waals surface area contributed by atoms with Gasteiger partial charge in [0, 0.05) is 5.22 Å². The van der Waals surface area contributed by atoms with E-state index >= 15 is 0 Å². The molecule has 0 amide bonds. The monoisotopic (exact) mass is 415 g/mol. The van der Waals surface area contributed by atoms with Gasteiger partial charge in [0.05, 0.1) is 28.3 Å². The minimum Gasteiger partial charge on any atom is -0.481 e. The predicted octanol–water partition coefficient (Wildman–Crippen LogP) is 2.32. The molecule has 0 fully saturated rings. The first-order valence-electron chi connectivity index (χ1n) is 7.96. The Bertz CT molecular complexity index is 1190. The molecule has 2 aromatic carbocycles. The van der Waals surface area contributed by atoms with Crippen molar-refractivity contribution >= 4 is 21.4 Å². The lowest BCUT2D eigenvalue weighted by molar-refractivity contribution is -0.138. The molecule has 10 heteroatoms. The third-order valence-corrected chi connectivity index (χ3v) is 6.18. The molecule has 0 aliphatic carbocycles. The Morgan fingerprint density at radius 3 is 2.29 bits per heavy atom. The Morgan fingerprint density at radius 1 is 1.14 bits per heavy atom. The zero-order valence-corrected chi connectivity index (χ0v) is 15.1. The van der Waals surface area contributed by atoms with Crippen molar-refractivity contribution in [1.29, 1.82) is 0 Å². The third kappa shape index (κ3) is 3.39. The van der Waals surface area contributed by atoms with Crippen LogP contribution < -0.4 is 10.6 Å². The maximum absolute atomic E-state index is 14.6. The number of fused-ring (bicyclic) bond motifs is 1. The molecular weight excluding hydrogens is 402 g/mol. The van der Waals surface area contributed by atoms with Gasteiger partial charge >= 0.3 is 12.1 Å². The highest BCUT2D eigenvalue weighted by Crippen LogP contribution is 2.31. The van der Waals surface area contributed by atoms with Gasteiger partial charge in [0.2, 0.25) is 9.84 Å². The first-order valence-corrected chi connectivity index (χ1v) is 9.45. The maximum Gasteiger partial charge on any atom is 0.416 e. The maximum atomic E-state index is 14.6. The Kier molecular flexibility index (Phi) is 4.78. The summed E-state index contributed by atoms with van der Waals surface area (Å²) >= 11 is 0. The molecule has 1 heterocycles. The average Bonchev–Trinajstić information content (AvgIpc) is 2.89. The smallest absolute Gasteiger partial charge is 0.416 e. The number of carboxylic acids is 1. The largest absolute Gasteiger partial charge is 0.481 e. The van der Waals surface area contributed by atoms with Gasteiger partial charge in [0.1, 0.15) is 10.7 Å². The Hall–Kier alpha value is -2.75. The molecule has 0 bridgehead atoms. The summed E-state index contributed by atoms with van der Waals surface area (Å²) in [7, 11) is -4.57. The number of carbonyl (C=O) groups is 1. The summed E-state index contributed by atoms with van der Waals surface area (Å²) < 4.78 is 78.7. The van der Waals surface area contributed by atoms with Crippen LogP contribution in [0.15, 0.2) is 51.2 Å². The molecule has 5 nitrogen and oxygen atoms in total. The van der Waals surface area contributed by atoms with Crippen LogP contribution in [0.2, 0.25) is 0 Å². The molecule has 1 unspecified atom stereocenters. The summed E-state index contributed by atoms with van der Waals surface area (Å²) in [6, 6.07) is 4.10.